The van der Waals surface area contributed by atoms with E-state index in [2.05, 4.69) is 68.5 Å². The average Bonchev–Trinajstić information content (AvgIpc) is 3.25. The highest BCUT2D eigenvalue weighted by Gasteiger charge is 2.43. The van der Waals surface area contributed by atoms with Crippen molar-refractivity contribution in [2.24, 2.45) is 10.1 Å². The Morgan fingerprint density at radius 1 is 0.857 bits per heavy atom. The van der Waals surface area contributed by atoms with E-state index in [1.165, 1.54) is 11.1 Å². The van der Waals surface area contributed by atoms with E-state index in [-0.39, 0.29) is 18.5 Å². The molecule has 35 heavy (non-hydrogen) atoms. The Morgan fingerprint density at radius 2 is 1.43 bits per heavy atom. The van der Waals surface area contributed by atoms with Gasteiger partial charge in [0.2, 0.25) is 11.8 Å². The summed E-state index contributed by atoms with van der Waals surface area (Å²) < 4.78 is 5.39. The molecule has 0 unspecified atom stereocenters. The lowest BCUT2D eigenvalue weighted by molar-refractivity contribution is -0.135. The molecular weight excluding hydrogens is 436 g/mol. The maximum absolute atomic E-state index is 13.1. The molecule has 0 radical (unpaired) electrons. The van der Waals surface area contributed by atoms with Crippen molar-refractivity contribution in [2.45, 2.75) is 33.7 Å². The molecule has 176 valence electrons. The predicted octanol–water partition coefficient (Wildman–Crippen LogP) is 5.76. The lowest BCUT2D eigenvalue weighted by Crippen LogP contribution is -2.44. The SMILES string of the molecule is CCOC(=O)C1=NN(c2ccc(C)cc2)C2=NC(c3ccc(C)cc3)=C[C@@H](c3ccc(C)cc3)N12. The average molecular weight is 465 g/mol. The summed E-state index contributed by atoms with van der Waals surface area (Å²) in [6.45, 7) is 8.23. The first-order valence-electron chi connectivity index (χ1n) is 11.8. The molecule has 6 nitrogen and oxygen atoms in total. The third-order valence-corrected chi connectivity index (χ3v) is 6.14. The Morgan fingerprint density at radius 3 is 2.03 bits per heavy atom. The molecule has 5 rings (SSSR count). The van der Waals surface area contributed by atoms with Crippen LogP contribution in [0.3, 0.4) is 0 Å². The van der Waals surface area contributed by atoms with E-state index in [9.17, 15) is 4.79 Å². The number of carbonyl (C=O) groups is 1. The molecule has 0 spiro atoms. The second-order valence-electron chi connectivity index (χ2n) is 8.85. The van der Waals surface area contributed by atoms with Crippen LogP contribution >= 0.6 is 0 Å². The molecular formula is C29H28N4O2. The van der Waals surface area contributed by atoms with Crippen LogP contribution in [0.4, 0.5) is 5.69 Å². The minimum Gasteiger partial charge on any atom is -0.460 e. The molecule has 0 aromatic heterocycles. The van der Waals surface area contributed by atoms with Gasteiger partial charge in [-0.05, 0) is 51.5 Å². The van der Waals surface area contributed by atoms with Crippen molar-refractivity contribution in [1.82, 2.24) is 4.90 Å². The zero-order valence-corrected chi connectivity index (χ0v) is 20.4. The molecule has 0 aliphatic carbocycles. The Bertz CT molecular complexity index is 1340. The van der Waals surface area contributed by atoms with Crippen molar-refractivity contribution in [3.8, 4) is 0 Å². The lowest BCUT2D eigenvalue weighted by Gasteiger charge is -2.32. The number of aryl methyl sites for hydroxylation is 3. The van der Waals surface area contributed by atoms with E-state index < -0.39 is 5.97 Å². The monoisotopic (exact) mass is 464 g/mol. The van der Waals surface area contributed by atoms with Crippen molar-refractivity contribution in [3.63, 3.8) is 0 Å². The molecule has 0 bridgehead atoms. The molecule has 0 saturated carbocycles. The smallest absolute Gasteiger partial charge is 0.376 e. The quantitative estimate of drug-likeness (QED) is 0.450. The van der Waals surface area contributed by atoms with Gasteiger partial charge >= 0.3 is 5.97 Å². The Balaban J connectivity index is 1.68. The number of esters is 1. The van der Waals surface area contributed by atoms with Gasteiger partial charge in [-0.15, -0.1) is 5.10 Å². The zero-order chi connectivity index (χ0) is 24.5. The normalized spacial score (nSPS) is 16.9. The molecule has 2 aliphatic rings. The van der Waals surface area contributed by atoms with E-state index in [0.29, 0.717) is 5.96 Å². The van der Waals surface area contributed by atoms with Gasteiger partial charge in [0.15, 0.2) is 0 Å². The molecule has 0 fully saturated rings. The molecule has 6 heteroatoms. The van der Waals surface area contributed by atoms with Crippen LogP contribution in [0.2, 0.25) is 0 Å². The highest BCUT2D eigenvalue weighted by Crippen LogP contribution is 2.38. The van der Waals surface area contributed by atoms with Gasteiger partial charge in [-0.2, -0.15) is 5.01 Å². The van der Waals surface area contributed by atoms with Crippen LogP contribution in [0.5, 0.6) is 0 Å². The summed E-state index contributed by atoms with van der Waals surface area (Å²) in [5.41, 5.74) is 7.20. The summed E-state index contributed by atoms with van der Waals surface area (Å²) in [6, 6.07) is 24.4. The number of hydrogen-bond donors (Lipinski definition) is 0. The van der Waals surface area contributed by atoms with Crippen LogP contribution in [-0.2, 0) is 9.53 Å². The number of hydrogen-bond acceptors (Lipinski definition) is 6. The summed E-state index contributed by atoms with van der Waals surface area (Å²) in [4.78, 5) is 19.9. The number of fused-ring (bicyclic) bond motifs is 1. The van der Waals surface area contributed by atoms with E-state index in [1.54, 1.807) is 11.9 Å². The molecule has 1 atom stereocenters. The Labute approximate surface area is 205 Å². The molecule has 0 amide bonds. The third-order valence-electron chi connectivity index (χ3n) is 6.14. The molecule has 0 N–H and O–H groups in total. The number of benzene rings is 3. The second kappa shape index (κ2) is 9.22. The topological polar surface area (TPSA) is 57.5 Å². The second-order valence-corrected chi connectivity index (χ2v) is 8.85. The first kappa shape index (κ1) is 22.6. The standard InChI is InChI=1S/C29H28N4O2/c1-5-35-28(34)27-31-33(24-16-10-21(4)11-17-24)29-30-25(22-12-6-19(2)7-13-22)18-26(32(27)29)23-14-8-20(3)9-15-23/h6-18,26H,5H2,1-4H3/t26-/m0/s1. The van der Waals surface area contributed by atoms with Gasteiger partial charge in [-0.1, -0.05) is 77.4 Å². The van der Waals surface area contributed by atoms with Crippen LogP contribution in [-0.4, -0.2) is 29.3 Å². The number of ether oxygens (including phenoxy) is 1. The van der Waals surface area contributed by atoms with Crippen molar-refractivity contribution in [3.05, 3.63) is 107 Å². The largest absolute Gasteiger partial charge is 0.460 e. The van der Waals surface area contributed by atoms with Gasteiger partial charge < -0.3 is 4.74 Å². The molecule has 2 aliphatic heterocycles. The van der Waals surface area contributed by atoms with Gasteiger partial charge in [-0.25, -0.2) is 9.79 Å². The van der Waals surface area contributed by atoms with Crippen LogP contribution in [0.25, 0.3) is 5.70 Å². The number of amidine groups is 1. The minimum atomic E-state index is -0.473. The van der Waals surface area contributed by atoms with Crippen LogP contribution < -0.4 is 5.01 Å². The van der Waals surface area contributed by atoms with Crippen molar-refractivity contribution in [2.75, 3.05) is 11.6 Å². The van der Waals surface area contributed by atoms with Crippen LogP contribution in [0, 0.1) is 20.8 Å². The lowest BCUT2D eigenvalue weighted by atomic mass is 9.99. The van der Waals surface area contributed by atoms with Crippen molar-refractivity contribution < 1.29 is 9.53 Å². The Kier molecular flexibility index (Phi) is 5.95. The number of aliphatic imine (C=N–C) groups is 1. The maximum atomic E-state index is 13.1. The van der Waals surface area contributed by atoms with Gasteiger partial charge in [0.25, 0.3) is 0 Å². The van der Waals surface area contributed by atoms with E-state index in [4.69, 9.17) is 14.8 Å². The van der Waals surface area contributed by atoms with Gasteiger partial charge in [0, 0.05) is 5.56 Å². The molecule has 3 aromatic carbocycles. The number of carbonyl (C=O) groups excluding carboxylic acids is 1. The fourth-order valence-electron chi connectivity index (χ4n) is 4.20. The third kappa shape index (κ3) is 4.35. The van der Waals surface area contributed by atoms with Crippen molar-refractivity contribution >= 4 is 29.1 Å². The number of anilines is 1. The van der Waals surface area contributed by atoms with E-state index in [0.717, 1.165) is 28.1 Å². The first-order valence-corrected chi connectivity index (χ1v) is 11.8. The number of guanidine groups is 1. The highest BCUT2D eigenvalue weighted by atomic mass is 16.5. The van der Waals surface area contributed by atoms with Crippen LogP contribution in [0.1, 0.15) is 40.8 Å². The minimum absolute atomic E-state index is 0.218. The number of hydrazone groups is 1. The zero-order valence-electron chi connectivity index (χ0n) is 20.4. The van der Waals surface area contributed by atoms with Gasteiger partial charge in [-0.3, -0.25) is 4.90 Å². The summed E-state index contributed by atoms with van der Waals surface area (Å²) in [6.07, 6.45) is 2.09. The summed E-state index contributed by atoms with van der Waals surface area (Å²) in [5.74, 6) is 0.315. The first-order chi connectivity index (χ1) is 16.9. The molecule has 2 heterocycles. The van der Waals surface area contributed by atoms with E-state index >= 15 is 0 Å². The number of nitrogens with zero attached hydrogens (tertiary/aromatic N) is 4. The fraction of sp³-hybridized carbons (Fsp3) is 0.207. The molecule has 3 aromatic rings. The number of rotatable bonds is 5. The summed E-state index contributed by atoms with van der Waals surface area (Å²) in [7, 11) is 0. The fourth-order valence-corrected chi connectivity index (χ4v) is 4.20. The Hall–Kier alpha value is -4.19. The summed E-state index contributed by atoms with van der Waals surface area (Å²) in [5, 5.41) is 6.45. The van der Waals surface area contributed by atoms with E-state index in [1.807, 2.05) is 36.1 Å². The predicted molar refractivity (Wildman–Crippen MR) is 140 cm³/mol. The summed E-state index contributed by atoms with van der Waals surface area (Å²) >= 11 is 0. The highest BCUT2D eigenvalue weighted by molar-refractivity contribution is 6.41. The van der Waals surface area contributed by atoms with Crippen LogP contribution in [0.15, 0.2) is 89.0 Å². The van der Waals surface area contributed by atoms with Crippen molar-refractivity contribution in [1.29, 1.82) is 0 Å². The maximum Gasteiger partial charge on any atom is 0.376 e. The van der Waals surface area contributed by atoms with Gasteiger partial charge in [0.1, 0.15) is 0 Å². The van der Waals surface area contributed by atoms with Gasteiger partial charge in [0.05, 0.1) is 24.0 Å². The molecule has 0 saturated heterocycles.